The molecule has 0 bridgehead atoms. The zero-order valence-electron chi connectivity index (χ0n) is 4.14. The first-order chi connectivity index (χ1) is 3.92. The van der Waals surface area contributed by atoms with Crippen molar-refractivity contribution in [3.8, 4) is 0 Å². The van der Waals surface area contributed by atoms with Gasteiger partial charge >= 0.3 is 6.18 Å². The van der Waals surface area contributed by atoms with Crippen molar-refractivity contribution in [1.29, 1.82) is 0 Å². The van der Waals surface area contributed by atoms with Gasteiger partial charge in [0.15, 0.2) is 0 Å². The molecule has 0 aromatic rings. The van der Waals surface area contributed by atoms with Crippen LogP contribution in [0.25, 0.3) is 0 Å². The van der Waals surface area contributed by atoms with E-state index in [1.807, 2.05) is 0 Å². The van der Waals surface area contributed by atoms with E-state index in [2.05, 4.69) is 4.74 Å². The van der Waals surface area contributed by atoms with Crippen LogP contribution >= 0.6 is 0 Å². The van der Waals surface area contributed by atoms with Crippen LogP contribution in [0.5, 0.6) is 0 Å². The van der Waals surface area contributed by atoms with Gasteiger partial charge in [-0.1, -0.05) is 0 Å². The van der Waals surface area contributed by atoms with E-state index in [0.717, 1.165) is 0 Å². The standard InChI is InChI=1S/C3H3F3O3/c4-3(5,6)1-9-2(7)8/h2H,1H2/q-2. The first-order valence-electron chi connectivity index (χ1n) is 1.92. The Morgan fingerprint density at radius 2 is 1.78 bits per heavy atom. The Hall–Kier alpha value is -0.330. The molecule has 3 nitrogen and oxygen atoms in total. The zero-order valence-corrected chi connectivity index (χ0v) is 4.14. The Kier molecular flexibility index (Phi) is 2.89. The molecule has 0 rings (SSSR count). The maximum Gasteiger partial charge on any atom is 0.411 e. The van der Waals surface area contributed by atoms with E-state index in [0.29, 0.717) is 0 Å². The van der Waals surface area contributed by atoms with Crippen LogP contribution in [0.1, 0.15) is 0 Å². The molecule has 9 heavy (non-hydrogen) atoms. The van der Waals surface area contributed by atoms with E-state index in [9.17, 15) is 23.4 Å². The van der Waals surface area contributed by atoms with E-state index in [1.54, 1.807) is 0 Å². The highest BCUT2D eigenvalue weighted by molar-refractivity contribution is 4.42. The lowest BCUT2D eigenvalue weighted by atomic mass is 10.7. The van der Waals surface area contributed by atoms with Crippen LogP contribution < -0.4 is 10.2 Å². The molecule has 0 aromatic carbocycles. The Morgan fingerprint density at radius 3 is 1.89 bits per heavy atom. The minimum Gasteiger partial charge on any atom is -0.845 e. The third kappa shape index (κ3) is 7.67. The average Bonchev–Trinajstić information content (AvgIpc) is 1.59. The molecule has 0 aliphatic heterocycles. The SMILES string of the molecule is [O-]C([O-])OCC(F)(F)F. The molecule has 0 aliphatic rings. The summed E-state index contributed by atoms with van der Waals surface area (Å²) in [5.41, 5.74) is 0. The molecule has 0 aromatic heterocycles. The van der Waals surface area contributed by atoms with Gasteiger partial charge in [-0.3, -0.25) is 0 Å². The number of hydrogen-bond donors (Lipinski definition) is 0. The minimum absolute atomic E-state index is 1.77. The minimum atomic E-state index is -4.59. The van der Waals surface area contributed by atoms with Gasteiger partial charge in [0.2, 0.25) is 0 Å². The summed E-state index contributed by atoms with van der Waals surface area (Å²) in [5.74, 6) is 0. The molecule has 0 saturated heterocycles. The van der Waals surface area contributed by atoms with Crippen molar-refractivity contribution in [1.82, 2.24) is 0 Å². The highest BCUT2D eigenvalue weighted by atomic mass is 19.4. The molecule has 0 N–H and O–H groups in total. The summed E-state index contributed by atoms with van der Waals surface area (Å²) in [6.45, 7) is -4.63. The molecule has 0 fully saturated rings. The van der Waals surface area contributed by atoms with Crippen molar-refractivity contribution in [3.63, 3.8) is 0 Å². The molecule has 0 atom stereocenters. The van der Waals surface area contributed by atoms with Gasteiger partial charge in [0.1, 0.15) is 6.61 Å². The zero-order chi connectivity index (χ0) is 7.49. The average molecular weight is 144 g/mol. The number of ether oxygens (including phenoxy) is 1. The topological polar surface area (TPSA) is 55.3 Å². The van der Waals surface area contributed by atoms with Gasteiger partial charge in [0.05, 0.1) is 0 Å². The van der Waals surface area contributed by atoms with Crippen molar-refractivity contribution >= 4 is 0 Å². The Balaban J connectivity index is 3.28. The van der Waals surface area contributed by atoms with Gasteiger partial charge in [-0.15, -0.1) is 6.48 Å². The van der Waals surface area contributed by atoms with Crippen molar-refractivity contribution in [2.75, 3.05) is 6.61 Å². The predicted octanol–water partition coefficient (Wildman–Crippen LogP) is -1.43. The molecular formula is C3H3F3O3-2. The van der Waals surface area contributed by atoms with E-state index in [4.69, 9.17) is 0 Å². The third-order valence-electron chi connectivity index (χ3n) is 0.383. The molecule has 0 amide bonds. The molecular weight excluding hydrogens is 141 g/mol. The highest BCUT2D eigenvalue weighted by Gasteiger charge is 2.26. The number of halogens is 3. The second-order valence-corrected chi connectivity index (χ2v) is 1.21. The number of hydrogen-bond acceptors (Lipinski definition) is 3. The largest absolute Gasteiger partial charge is 0.845 e. The van der Waals surface area contributed by atoms with Crippen LogP contribution in [0.15, 0.2) is 0 Å². The maximum atomic E-state index is 11.0. The van der Waals surface area contributed by atoms with Crippen LogP contribution in [0, 0.1) is 0 Å². The van der Waals surface area contributed by atoms with Gasteiger partial charge in [-0.2, -0.15) is 13.2 Å². The summed E-state index contributed by atoms with van der Waals surface area (Å²) >= 11 is 0. The molecule has 0 heterocycles. The number of rotatable bonds is 2. The Labute approximate surface area is 48.7 Å². The maximum absolute atomic E-state index is 11.0. The fourth-order valence-electron chi connectivity index (χ4n) is 0.163. The lowest BCUT2D eigenvalue weighted by Crippen LogP contribution is -2.43. The molecule has 0 spiro atoms. The van der Waals surface area contributed by atoms with Crippen LogP contribution in [0.3, 0.4) is 0 Å². The summed E-state index contributed by atoms with van der Waals surface area (Å²) in [7, 11) is 0. The number of alkyl halides is 3. The van der Waals surface area contributed by atoms with E-state index in [-0.39, 0.29) is 0 Å². The molecule has 6 heteroatoms. The van der Waals surface area contributed by atoms with Gasteiger partial charge in [0, 0.05) is 0 Å². The third-order valence-corrected chi connectivity index (χ3v) is 0.383. The summed E-state index contributed by atoms with van der Waals surface area (Å²) in [4.78, 5) is 0. The summed E-state index contributed by atoms with van der Waals surface area (Å²) in [5, 5.41) is 18.6. The molecule has 0 radical (unpaired) electrons. The fraction of sp³-hybridized carbons (Fsp3) is 1.00. The van der Waals surface area contributed by atoms with Gasteiger partial charge in [-0.25, -0.2) is 0 Å². The monoisotopic (exact) mass is 144 g/mol. The van der Waals surface area contributed by atoms with Gasteiger partial charge in [-0.05, 0) is 0 Å². The summed E-state index contributed by atoms with van der Waals surface area (Å²) in [6.07, 6.45) is -4.59. The Morgan fingerprint density at radius 1 is 1.33 bits per heavy atom. The second-order valence-electron chi connectivity index (χ2n) is 1.21. The summed E-state index contributed by atoms with van der Waals surface area (Å²) in [6, 6.07) is 0. The van der Waals surface area contributed by atoms with Crippen molar-refractivity contribution in [2.24, 2.45) is 0 Å². The lowest BCUT2D eigenvalue weighted by Gasteiger charge is -2.28. The van der Waals surface area contributed by atoms with Crippen LogP contribution in [0.4, 0.5) is 13.2 Å². The van der Waals surface area contributed by atoms with Crippen molar-refractivity contribution in [3.05, 3.63) is 0 Å². The van der Waals surface area contributed by atoms with E-state index >= 15 is 0 Å². The second kappa shape index (κ2) is 3.00. The fourth-order valence-corrected chi connectivity index (χ4v) is 0.163. The van der Waals surface area contributed by atoms with Crippen LogP contribution in [0.2, 0.25) is 0 Å². The normalized spacial score (nSPS) is 12.7. The van der Waals surface area contributed by atoms with Crippen molar-refractivity contribution in [2.45, 2.75) is 12.7 Å². The highest BCUT2D eigenvalue weighted by Crippen LogP contribution is 2.13. The van der Waals surface area contributed by atoms with Crippen molar-refractivity contribution < 1.29 is 28.1 Å². The molecule has 0 aliphatic carbocycles. The first kappa shape index (κ1) is 8.67. The first-order valence-corrected chi connectivity index (χ1v) is 1.92. The van der Waals surface area contributed by atoms with Gasteiger partial charge in [0.25, 0.3) is 0 Å². The molecule has 0 saturated carbocycles. The van der Waals surface area contributed by atoms with Crippen LogP contribution in [-0.4, -0.2) is 19.3 Å². The Bertz CT molecular complexity index is 78.9. The summed E-state index contributed by atoms with van der Waals surface area (Å²) < 4.78 is 36.2. The lowest BCUT2D eigenvalue weighted by molar-refractivity contribution is -0.721. The molecule has 56 valence electrons. The smallest absolute Gasteiger partial charge is 0.411 e. The van der Waals surface area contributed by atoms with E-state index in [1.165, 1.54) is 0 Å². The van der Waals surface area contributed by atoms with Crippen LogP contribution in [-0.2, 0) is 4.74 Å². The predicted molar refractivity (Wildman–Crippen MR) is 15.8 cm³/mol. The molecule has 0 unspecified atom stereocenters. The van der Waals surface area contributed by atoms with E-state index < -0.39 is 19.3 Å². The van der Waals surface area contributed by atoms with Gasteiger partial charge < -0.3 is 14.9 Å². The quantitative estimate of drug-likeness (QED) is 0.446.